The molecule has 0 saturated carbocycles. The third-order valence-electron chi connectivity index (χ3n) is 1.45. The Morgan fingerprint density at radius 2 is 2.09 bits per heavy atom. The van der Waals surface area contributed by atoms with E-state index in [1.165, 1.54) is 6.08 Å². The number of hydrogen-bond acceptors (Lipinski definition) is 1. The fourth-order valence-corrected chi connectivity index (χ4v) is 1.09. The highest BCUT2D eigenvalue weighted by atomic mass is 35.5. The van der Waals surface area contributed by atoms with Crippen molar-refractivity contribution in [2.75, 3.05) is 0 Å². The van der Waals surface area contributed by atoms with Gasteiger partial charge in [-0.25, -0.2) is 0 Å². The standard InChI is InChI=1S/C9H9ClO/c1-2-9(11)7-5-3-4-6-8(7)10/h2-6,9,11H,1H2/t9-/m1/s1. The van der Waals surface area contributed by atoms with Gasteiger partial charge in [0.15, 0.2) is 0 Å². The molecule has 1 rings (SSSR count). The first-order valence-corrected chi connectivity index (χ1v) is 3.68. The normalized spacial score (nSPS) is 12.5. The molecule has 1 atom stereocenters. The van der Waals surface area contributed by atoms with Crippen molar-refractivity contribution >= 4 is 11.6 Å². The topological polar surface area (TPSA) is 20.2 Å². The smallest absolute Gasteiger partial charge is 0.0983 e. The maximum atomic E-state index is 9.31. The highest BCUT2D eigenvalue weighted by Crippen LogP contribution is 2.22. The molecule has 0 heterocycles. The van der Waals surface area contributed by atoms with Crippen molar-refractivity contribution in [3.05, 3.63) is 47.5 Å². The monoisotopic (exact) mass is 168 g/mol. The summed E-state index contributed by atoms with van der Waals surface area (Å²) in [6, 6.07) is 7.16. The third kappa shape index (κ3) is 1.82. The second kappa shape index (κ2) is 3.56. The van der Waals surface area contributed by atoms with Crippen LogP contribution < -0.4 is 0 Å². The molecule has 0 bridgehead atoms. The molecule has 0 aromatic heterocycles. The SMILES string of the molecule is C=C[C@@H](O)c1ccccc1Cl. The van der Waals surface area contributed by atoms with Gasteiger partial charge in [-0.2, -0.15) is 0 Å². The molecule has 1 nitrogen and oxygen atoms in total. The van der Waals surface area contributed by atoms with Crippen molar-refractivity contribution in [2.24, 2.45) is 0 Å². The summed E-state index contributed by atoms with van der Waals surface area (Å²) in [5.41, 5.74) is 0.698. The van der Waals surface area contributed by atoms with E-state index in [-0.39, 0.29) is 0 Å². The van der Waals surface area contributed by atoms with Crippen LogP contribution in [0.4, 0.5) is 0 Å². The average molecular weight is 169 g/mol. The van der Waals surface area contributed by atoms with E-state index in [4.69, 9.17) is 11.6 Å². The van der Waals surface area contributed by atoms with Gasteiger partial charge in [0.25, 0.3) is 0 Å². The minimum absolute atomic E-state index is 0.569. The van der Waals surface area contributed by atoms with Crippen LogP contribution in [0.25, 0.3) is 0 Å². The van der Waals surface area contributed by atoms with Crippen LogP contribution in [0.2, 0.25) is 5.02 Å². The van der Waals surface area contributed by atoms with E-state index < -0.39 is 6.10 Å². The van der Waals surface area contributed by atoms with Crippen molar-refractivity contribution in [3.8, 4) is 0 Å². The van der Waals surface area contributed by atoms with Crippen LogP contribution in [0.3, 0.4) is 0 Å². The molecule has 0 unspecified atom stereocenters. The fourth-order valence-electron chi connectivity index (χ4n) is 0.842. The summed E-state index contributed by atoms with van der Waals surface area (Å²) in [5, 5.41) is 9.88. The van der Waals surface area contributed by atoms with Crippen molar-refractivity contribution in [2.45, 2.75) is 6.10 Å². The number of aliphatic hydroxyl groups is 1. The molecule has 58 valence electrons. The van der Waals surface area contributed by atoms with Crippen LogP contribution in [-0.2, 0) is 0 Å². The van der Waals surface area contributed by atoms with Crippen LogP contribution in [0.15, 0.2) is 36.9 Å². The molecule has 1 aromatic carbocycles. The van der Waals surface area contributed by atoms with Gasteiger partial charge in [-0.3, -0.25) is 0 Å². The highest BCUT2D eigenvalue weighted by molar-refractivity contribution is 6.31. The van der Waals surface area contributed by atoms with Crippen LogP contribution in [0, 0.1) is 0 Å². The molecule has 1 N–H and O–H groups in total. The van der Waals surface area contributed by atoms with Gasteiger partial charge >= 0.3 is 0 Å². The Morgan fingerprint density at radius 3 is 2.64 bits per heavy atom. The Balaban J connectivity index is 3.02. The molecule has 1 aromatic rings. The summed E-state index contributed by atoms with van der Waals surface area (Å²) >= 11 is 5.79. The molecule has 11 heavy (non-hydrogen) atoms. The predicted molar refractivity (Wildman–Crippen MR) is 46.6 cm³/mol. The number of benzene rings is 1. The van der Waals surface area contributed by atoms with Gasteiger partial charge in [0, 0.05) is 10.6 Å². The van der Waals surface area contributed by atoms with E-state index >= 15 is 0 Å². The Bertz CT molecular complexity index is 257. The predicted octanol–water partition coefficient (Wildman–Crippen LogP) is 2.56. The Kier molecular flexibility index (Phi) is 2.69. The molecule has 0 aliphatic carbocycles. The summed E-state index contributed by atoms with van der Waals surface area (Å²) in [6.45, 7) is 3.47. The average Bonchev–Trinajstić information content (AvgIpc) is 2.04. The second-order valence-electron chi connectivity index (χ2n) is 2.20. The first kappa shape index (κ1) is 8.31. The van der Waals surface area contributed by atoms with Gasteiger partial charge in [-0.15, -0.1) is 6.58 Å². The lowest BCUT2D eigenvalue weighted by Gasteiger charge is -2.06. The van der Waals surface area contributed by atoms with E-state index in [2.05, 4.69) is 6.58 Å². The Labute approximate surface area is 70.9 Å². The molecular formula is C9H9ClO. The number of aliphatic hydroxyl groups excluding tert-OH is 1. The number of rotatable bonds is 2. The highest BCUT2D eigenvalue weighted by Gasteiger charge is 2.05. The van der Waals surface area contributed by atoms with Crippen LogP contribution in [0.1, 0.15) is 11.7 Å². The van der Waals surface area contributed by atoms with E-state index in [9.17, 15) is 5.11 Å². The maximum absolute atomic E-state index is 9.31. The molecule has 2 heteroatoms. The van der Waals surface area contributed by atoms with Gasteiger partial charge in [0.05, 0.1) is 6.10 Å². The summed E-state index contributed by atoms with van der Waals surface area (Å²) in [6.07, 6.45) is 0.782. The number of halogens is 1. The van der Waals surface area contributed by atoms with Crippen LogP contribution in [-0.4, -0.2) is 5.11 Å². The van der Waals surface area contributed by atoms with Crippen LogP contribution in [0.5, 0.6) is 0 Å². The van der Waals surface area contributed by atoms with Gasteiger partial charge < -0.3 is 5.11 Å². The zero-order valence-corrected chi connectivity index (χ0v) is 6.75. The van der Waals surface area contributed by atoms with E-state index in [0.717, 1.165) is 0 Å². The summed E-state index contributed by atoms with van der Waals surface area (Å²) in [7, 11) is 0. The first-order chi connectivity index (χ1) is 5.25. The Morgan fingerprint density at radius 1 is 1.45 bits per heavy atom. The minimum atomic E-state index is -0.663. The fraction of sp³-hybridized carbons (Fsp3) is 0.111. The number of hydrogen-bond donors (Lipinski definition) is 1. The summed E-state index contributed by atoms with van der Waals surface area (Å²) in [5.74, 6) is 0. The van der Waals surface area contributed by atoms with E-state index in [1.807, 2.05) is 12.1 Å². The molecule has 0 spiro atoms. The molecule has 0 aliphatic rings. The van der Waals surface area contributed by atoms with Gasteiger partial charge in [-0.05, 0) is 6.07 Å². The maximum Gasteiger partial charge on any atom is 0.0983 e. The quantitative estimate of drug-likeness (QED) is 0.673. The first-order valence-electron chi connectivity index (χ1n) is 3.30. The molecule has 0 fully saturated rings. The van der Waals surface area contributed by atoms with Crippen molar-refractivity contribution in [1.82, 2.24) is 0 Å². The van der Waals surface area contributed by atoms with Gasteiger partial charge in [-0.1, -0.05) is 35.9 Å². The van der Waals surface area contributed by atoms with E-state index in [0.29, 0.717) is 10.6 Å². The second-order valence-corrected chi connectivity index (χ2v) is 2.61. The largest absolute Gasteiger partial charge is 0.384 e. The van der Waals surface area contributed by atoms with Gasteiger partial charge in [0.2, 0.25) is 0 Å². The van der Waals surface area contributed by atoms with Crippen molar-refractivity contribution < 1.29 is 5.11 Å². The zero-order chi connectivity index (χ0) is 8.27. The van der Waals surface area contributed by atoms with Crippen LogP contribution >= 0.6 is 11.6 Å². The van der Waals surface area contributed by atoms with Gasteiger partial charge in [0.1, 0.15) is 0 Å². The van der Waals surface area contributed by atoms with E-state index in [1.54, 1.807) is 12.1 Å². The lowest BCUT2D eigenvalue weighted by atomic mass is 10.1. The summed E-state index contributed by atoms with van der Waals surface area (Å²) in [4.78, 5) is 0. The molecule has 0 aliphatic heterocycles. The molecule has 0 saturated heterocycles. The lowest BCUT2D eigenvalue weighted by molar-refractivity contribution is 0.229. The Hall–Kier alpha value is -0.790. The minimum Gasteiger partial charge on any atom is -0.384 e. The molecular weight excluding hydrogens is 160 g/mol. The van der Waals surface area contributed by atoms with Crippen molar-refractivity contribution in [3.63, 3.8) is 0 Å². The zero-order valence-electron chi connectivity index (χ0n) is 6.00. The summed E-state index contributed by atoms with van der Waals surface area (Å²) < 4.78 is 0. The lowest BCUT2D eigenvalue weighted by Crippen LogP contribution is -1.92. The molecule has 0 amide bonds. The third-order valence-corrected chi connectivity index (χ3v) is 1.79. The van der Waals surface area contributed by atoms with Crippen molar-refractivity contribution in [1.29, 1.82) is 0 Å². The molecule has 0 radical (unpaired) electrons.